The summed E-state index contributed by atoms with van der Waals surface area (Å²) in [6.45, 7) is 2.76. The van der Waals surface area contributed by atoms with Crippen LogP contribution >= 0.6 is 11.3 Å². The van der Waals surface area contributed by atoms with Crippen molar-refractivity contribution in [3.8, 4) is 0 Å². The van der Waals surface area contributed by atoms with Crippen molar-refractivity contribution in [3.05, 3.63) is 35.2 Å². The SMILES string of the molecule is CC(N)c1csc(N(Cc2ccco2)C2CC2)n1. The van der Waals surface area contributed by atoms with E-state index in [4.69, 9.17) is 10.2 Å². The molecule has 5 heteroatoms. The molecule has 1 aliphatic rings. The fraction of sp³-hybridized carbons (Fsp3) is 0.462. The monoisotopic (exact) mass is 263 g/mol. The van der Waals surface area contributed by atoms with Gasteiger partial charge in [-0.1, -0.05) is 0 Å². The van der Waals surface area contributed by atoms with Crippen molar-refractivity contribution in [2.45, 2.75) is 38.4 Å². The quantitative estimate of drug-likeness (QED) is 0.901. The predicted octanol–water partition coefficient (Wildman–Crippen LogP) is 2.92. The van der Waals surface area contributed by atoms with Gasteiger partial charge in [0.15, 0.2) is 5.13 Å². The van der Waals surface area contributed by atoms with Gasteiger partial charge in [0.05, 0.1) is 18.5 Å². The van der Waals surface area contributed by atoms with E-state index in [1.165, 1.54) is 12.8 Å². The number of anilines is 1. The molecule has 96 valence electrons. The molecule has 2 heterocycles. The molecule has 1 unspecified atom stereocenters. The zero-order chi connectivity index (χ0) is 12.5. The third-order valence-corrected chi connectivity index (χ3v) is 4.01. The van der Waals surface area contributed by atoms with Crippen molar-refractivity contribution < 1.29 is 4.42 Å². The first-order chi connectivity index (χ1) is 8.74. The molecular weight excluding hydrogens is 246 g/mol. The molecule has 0 radical (unpaired) electrons. The lowest BCUT2D eigenvalue weighted by Crippen LogP contribution is -2.24. The van der Waals surface area contributed by atoms with Crippen LogP contribution in [0, 0.1) is 0 Å². The van der Waals surface area contributed by atoms with Crippen LogP contribution in [-0.4, -0.2) is 11.0 Å². The maximum Gasteiger partial charge on any atom is 0.186 e. The number of nitrogens with two attached hydrogens (primary N) is 1. The van der Waals surface area contributed by atoms with Gasteiger partial charge in [0, 0.05) is 17.5 Å². The Morgan fingerprint density at radius 1 is 1.61 bits per heavy atom. The average Bonchev–Trinajstić information content (AvgIpc) is 2.88. The number of thiazole rings is 1. The Morgan fingerprint density at radius 2 is 2.44 bits per heavy atom. The molecule has 0 amide bonds. The predicted molar refractivity (Wildman–Crippen MR) is 72.6 cm³/mol. The molecule has 0 saturated heterocycles. The normalized spacial score (nSPS) is 16.8. The lowest BCUT2D eigenvalue weighted by atomic mass is 10.3. The minimum atomic E-state index is -0.000309. The number of aromatic nitrogens is 1. The Kier molecular flexibility index (Phi) is 3.09. The molecule has 1 fully saturated rings. The highest BCUT2D eigenvalue weighted by molar-refractivity contribution is 7.13. The van der Waals surface area contributed by atoms with Crippen molar-refractivity contribution in [3.63, 3.8) is 0 Å². The van der Waals surface area contributed by atoms with Gasteiger partial charge in [-0.3, -0.25) is 0 Å². The number of hydrogen-bond acceptors (Lipinski definition) is 5. The lowest BCUT2D eigenvalue weighted by Gasteiger charge is -2.20. The van der Waals surface area contributed by atoms with Gasteiger partial charge in [-0.05, 0) is 31.9 Å². The van der Waals surface area contributed by atoms with E-state index in [-0.39, 0.29) is 6.04 Å². The molecular formula is C13H17N3OS. The van der Waals surface area contributed by atoms with Crippen LogP contribution in [0.15, 0.2) is 28.2 Å². The summed E-state index contributed by atoms with van der Waals surface area (Å²) in [7, 11) is 0. The summed E-state index contributed by atoms with van der Waals surface area (Å²) in [4.78, 5) is 6.96. The zero-order valence-corrected chi connectivity index (χ0v) is 11.2. The van der Waals surface area contributed by atoms with Gasteiger partial charge in [-0.25, -0.2) is 4.98 Å². The maximum absolute atomic E-state index is 5.86. The molecule has 0 aromatic carbocycles. The van der Waals surface area contributed by atoms with Gasteiger partial charge in [0.2, 0.25) is 0 Å². The van der Waals surface area contributed by atoms with Crippen molar-refractivity contribution in [1.29, 1.82) is 0 Å². The molecule has 1 atom stereocenters. The lowest BCUT2D eigenvalue weighted by molar-refractivity contribution is 0.501. The van der Waals surface area contributed by atoms with Gasteiger partial charge in [-0.2, -0.15) is 0 Å². The Balaban J connectivity index is 1.80. The summed E-state index contributed by atoms with van der Waals surface area (Å²) in [5.41, 5.74) is 6.83. The highest BCUT2D eigenvalue weighted by Crippen LogP contribution is 2.35. The highest BCUT2D eigenvalue weighted by atomic mass is 32.1. The van der Waals surface area contributed by atoms with Gasteiger partial charge >= 0.3 is 0 Å². The van der Waals surface area contributed by atoms with Crippen molar-refractivity contribution in [2.24, 2.45) is 5.73 Å². The second-order valence-corrected chi connectivity index (χ2v) is 5.62. The fourth-order valence-corrected chi connectivity index (χ4v) is 2.93. The first kappa shape index (κ1) is 11.7. The van der Waals surface area contributed by atoms with E-state index in [0.717, 1.165) is 23.1 Å². The molecule has 0 bridgehead atoms. The van der Waals surface area contributed by atoms with Crippen molar-refractivity contribution in [1.82, 2.24) is 4.98 Å². The van der Waals surface area contributed by atoms with Crippen LogP contribution in [0.3, 0.4) is 0 Å². The number of nitrogens with zero attached hydrogens (tertiary/aromatic N) is 2. The minimum Gasteiger partial charge on any atom is -0.467 e. The van der Waals surface area contributed by atoms with Gasteiger partial charge in [0.25, 0.3) is 0 Å². The Labute approximate surface area is 110 Å². The van der Waals surface area contributed by atoms with E-state index in [0.29, 0.717) is 6.04 Å². The minimum absolute atomic E-state index is 0.000309. The molecule has 4 nitrogen and oxygen atoms in total. The first-order valence-electron chi connectivity index (χ1n) is 6.24. The van der Waals surface area contributed by atoms with Crippen molar-refractivity contribution >= 4 is 16.5 Å². The van der Waals surface area contributed by atoms with E-state index in [9.17, 15) is 0 Å². The van der Waals surface area contributed by atoms with Gasteiger partial charge in [0.1, 0.15) is 5.76 Å². The van der Waals surface area contributed by atoms with Crippen LogP contribution in [0.25, 0.3) is 0 Å². The highest BCUT2D eigenvalue weighted by Gasteiger charge is 2.31. The summed E-state index contributed by atoms with van der Waals surface area (Å²) in [6.07, 6.45) is 4.21. The second kappa shape index (κ2) is 4.74. The zero-order valence-electron chi connectivity index (χ0n) is 10.4. The largest absolute Gasteiger partial charge is 0.467 e. The Bertz CT molecular complexity index is 502. The molecule has 1 saturated carbocycles. The van der Waals surface area contributed by atoms with Crippen LogP contribution in [0.1, 0.15) is 37.3 Å². The molecule has 0 spiro atoms. The standard InChI is InChI=1S/C13H17N3OS/c1-9(14)12-8-18-13(15-12)16(10-4-5-10)7-11-3-2-6-17-11/h2-3,6,8-10H,4-5,7,14H2,1H3. The first-order valence-corrected chi connectivity index (χ1v) is 7.12. The van der Waals surface area contributed by atoms with E-state index in [1.807, 2.05) is 19.1 Å². The summed E-state index contributed by atoms with van der Waals surface area (Å²) in [6, 6.07) is 4.55. The van der Waals surface area contributed by atoms with Crippen LogP contribution in [0.2, 0.25) is 0 Å². The molecule has 18 heavy (non-hydrogen) atoms. The Morgan fingerprint density at radius 3 is 3.00 bits per heavy atom. The van der Waals surface area contributed by atoms with Gasteiger partial charge in [-0.15, -0.1) is 11.3 Å². The molecule has 2 aromatic rings. The summed E-state index contributed by atoms with van der Waals surface area (Å²) in [5.74, 6) is 0.986. The number of hydrogen-bond donors (Lipinski definition) is 1. The van der Waals surface area contributed by atoms with Crippen LogP contribution in [-0.2, 0) is 6.54 Å². The number of rotatable bonds is 5. The maximum atomic E-state index is 5.86. The van der Waals surface area contributed by atoms with Crippen LogP contribution in [0.5, 0.6) is 0 Å². The number of furan rings is 1. The molecule has 2 aromatic heterocycles. The average molecular weight is 263 g/mol. The second-order valence-electron chi connectivity index (χ2n) is 4.78. The van der Waals surface area contributed by atoms with E-state index in [1.54, 1.807) is 17.6 Å². The molecule has 2 N–H and O–H groups in total. The van der Waals surface area contributed by atoms with Crippen molar-refractivity contribution in [2.75, 3.05) is 4.90 Å². The summed E-state index contributed by atoms with van der Waals surface area (Å²) >= 11 is 1.67. The molecule has 3 rings (SSSR count). The van der Waals surface area contributed by atoms with E-state index >= 15 is 0 Å². The summed E-state index contributed by atoms with van der Waals surface area (Å²) in [5, 5.41) is 3.11. The Hall–Kier alpha value is -1.33. The third kappa shape index (κ3) is 2.42. The van der Waals surface area contributed by atoms with Crippen LogP contribution < -0.4 is 10.6 Å². The third-order valence-electron chi connectivity index (χ3n) is 3.12. The van der Waals surface area contributed by atoms with E-state index < -0.39 is 0 Å². The van der Waals surface area contributed by atoms with E-state index in [2.05, 4.69) is 15.3 Å². The molecule has 0 aliphatic heterocycles. The van der Waals surface area contributed by atoms with Gasteiger partial charge < -0.3 is 15.1 Å². The molecule has 1 aliphatic carbocycles. The topological polar surface area (TPSA) is 55.3 Å². The summed E-state index contributed by atoms with van der Waals surface area (Å²) < 4.78 is 5.43. The smallest absolute Gasteiger partial charge is 0.186 e. The fourth-order valence-electron chi connectivity index (χ4n) is 1.93. The van der Waals surface area contributed by atoms with Crippen LogP contribution in [0.4, 0.5) is 5.13 Å².